The predicted molar refractivity (Wildman–Crippen MR) is 125 cm³/mol. The zero-order valence-corrected chi connectivity index (χ0v) is 19.3. The molecule has 1 unspecified atom stereocenters. The average Bonchev–Trinajstić information content (AvgIpc) is 2.80. The second kappa shape index (κ2) is 13.0. The lowest BCUT2D eigenvalue weighted by atomic mass is 9.91. The van der Waals surface area contributed by atoms with E-state index in [1.165, 1.54) is 0 Å². The third kappa shape index (κ3) is 8.57. The minimum absolute atomic E-state index is 0.0291. The smallest absolute Gasteiger partial charge is 0.408 e. The molecule has 0 radical (unpaired) electrons. The predicted octanol–water partition coefficient (Wildman–Crippen LogP) is 2.24. The van der Waals surface area contributed by atoms with Crippen molar-refractivity contribution in [2.75, 3.05) is 0 Å². The molecule has 0 fully saturated rings. The third-order valence-electron chi connectivity index (χ3n) is 5.15. The third-order valence-corrected chi connectivity index (χ3v) is 5.15. The summed E-state index contributed by atoms with van der Waals surface area (Å²) in [7, 11) is 0. The molecular weight excluding hydrogens is 438 g/mol. The van der Waals surface area contributed by atoms with Crippen molar-refractivity contribution < 1.29 is 29.0 Å². The highest BCUT2D eigenvalue weighted by atomic mass is 16.5. The number of benzene rings is 2. The Morgan fingerprint density at radius 2 is 1.47 bits per heavy atom. The molecule has 3 atom stereocenters. The van der Waals surface area contributed by atoms with E-state index >= 15 is 0 Å². The topological polar surface area (TPSA) is 148 Å². The van der Waals surface area contributed by atoms with Gasteiger partial charge in [0.15, 0.2) is 0 Å². The van der Waals surface area contributed by atoms with Crippen molar-refractivity contribution in [3.63, 3.8) is 0 Å². The lowest BCUT2D eigenvalue weighted by Gasteiger charge is -2.26. The van der Waals surface area contributed by atoms with E-state index in [0.717, 1.165) is 5.56 Å². The highest BCUT2D eigenvalue weighted by Crippen LogP contribution is 2.16. The quantitative estimate of drug-likeness (QED) is 0.375. The summed E-state index contributed by atoms with van der Waals surface area (Å²) in [5.41, 5.74) is 6.82. The van der Waals surface area contributed by atoms with Gasteiger partial charge in [0.25, 0.3) is 0 Å². The van der Waals surface area contributed by atoms with Gasteiger partial charge in [-0.15, -0.1) is 0 Å². The van der Waals surface area contributed by atoms with Gasteiger partial charge < -0.3 is 26.2 Å². The van der Waals surface area contributed by atoms with Crippen LogP contribution in [-0.2, 0) is 32.1 Å². The molecule has 2 rings (SSSR count). The van der Waals surface area contributed by atoms with Crippen LogP contribution in [0.2, 0.25) is 0 Å². The maximum atomic E-state index is 13.1. The molecular formula is C25H31N3O6. The Hall–Kier alpha value is -3.88. The number of hydrogen-bond acceptors (Lipinski definition) is 5. The first-order valence-electron chi connectivity index (χ1n) is 11.0. The zero-order chi connectivity index (χ0) is 25.1. The van der Waals surface area contributed by atoms with Gasteiger partial charge in [-0.05, 0) is 29.9 Å². The number of ether oxygens (including phenoxy) is 1. The molecule has 2 aromatic rings. The molecule has 0 saturated heterocycles. The van der Waals surface area contributed by atoms with Crippen LogP contribution < -0.4 is 16.4 Å². The van der Waals surface area contributed by atoms with E-state index < -0.39 is 41.9 Å². The number of carboxylic acids is 1. The number of carbonyl (C=O) groups excluding carboxylic acids is 3. The minimum atomic E-state index is -1.50. The van der Waals surface area contributed by atoms with Crippen LogP contribution in [0, 0.1) is 11.8 Å². The van der Waals surface area contributed by atoms with Gasteiger partial charge in [-0.3, -0.25) is 14.4 Å². The number of primary amides is 1. The van der Waals surface area contributed by atoms with E-state index in [1.807, 2.05) is 19.9 Å². The van der Waals surface area contributed by atoms with Crippen LogP contribution in [0.15, 0.2) is 60.7 Å². The molecule has 0 spiro atoms. The first kappa shape index (κ1) is 26.4. The van der Waals surface area contributed by atoms with Crippen molar-refractivity contribution in [2.45, 2.75) is 45.4 Å². The molecule has 0 aromatic heterocycles. The Kier molecular flexibility index (Phi) is 10.1. The first-order chi connectivity index (χ1) is 16.2. The van der Waals surface area contributed by atoms with E-state index in [2.05, 4.69) is 10.6 Å². The maximum absolute atomic E-state index is 13.1. The summed E-state index contributed by atoms with van der Waals surface area (Å²) in [5.74, 6) is -4.14. The number of nitrogens with one attached hydrogen (secondary N) is 2. The Balaban J connectivity index is 2.24. The molecule has 0 aliphatic rings. The van der Waals surface area contributed by atoms with Gasteiger partial charge in [-0.1, -0.05) is 74.5 Å². The van der Waals surface area contributed by atoms with Crippen LogP contribution in [0.3, 0.4) is 0 Å². The van der Waals surface area contributed by atoms with E-state index in [1.54, 1.807) is 54.6 Å². The molecule has 34 heavy (non-hydrogen) atoms. The molecule has 5 N–H and O–H groups in total. The Morgan fingerprint density at radius 1 is 0.912 bits per heavy atom. The highest BCUT2D eigenvalue weighted by molar-refractivity contribution is 5.93. The van der Waals surface area contributed by atoms with Crippen LogP contribution in [0.25, 0.3) is 0 Å². The van der Waals surface area contributed by atoms with Crippen LogP contribution >= 0.6 is 0 Å². The summed E-state index contributed by atoms with van der Waals surface area (Å²) in [6, 6.07) is 15.1. The van der Waals surface area contributed by atoms with E-state index in [0.29, 0.717) is 5.56 Å². The SMILES string of the molecule is CC(C)C[C@@H](NC(=O)[C@@H](NC(=O)OCc1ccccc1)C(Cc1ccccc1)C(=O)O)C(N)=O. The molecule has 0 bridgehead atoms. The van der Waals surface area contributed by atoms with Crippen LogP contribution in [0.1, 0.15) is 31.4 Å². The maximum Gasteiger partial charge on any atom is 0.408 e. The standard InChI is InChI=1S/C25H31N3O6/c1-16(2)13-20(22(26)29)27-23(30)21(19(24(31)32)14-17-9-5-3-6-10-17)28-25(33)34-15-18-11-7-4-8-12-18/h3-12,16,19-21H,13-15H2,1-2H3,(H2,26,29)(H,27,30)(H,28,33)(H,31,32)/t19?,20-,21+/m1/s1. The fraction of sp³-hybridized carbons (Fsp3) is 0.360. The van der Waals surface area contributed by atoms with Crippen molar-refractivity contribution in [3.05, 3.63) is 71.8 Å². The largest absolute Gasteiger partial charge is 0.481 e. The van der Waals surface area contributed by atoms with Gasteiger partial charge in [0, 0.05) is 0 Å². The normalized spacial score (nSPS) is 13.4. The second-order valence-corrected chi connectivity index (χ2v) is 8.41. The number of amides is 3. The number of hydrogen-bond donors (Lipinski definition) is 4. The fourth-order valence-electron chi connectivity index (χ4n) is 3.44. The van der Waals surface area contributed by atoms with E-state index in [-0.39, 0.29) is 25.4 Å². The number of rotatable bonds is 12. The van der Waals surface area contributed by atoms with Gasteiger partial charge in [0.2, 0.25) is 11.8 Å². The van der Waals surface area contributed by atoms with Crippen molar-refractivity contribution in [1.29, 1.82) is 0 Å². The van der Waals surface area contributed by atoms with Gasteiger partial charge in [-0.25, -0.2) is 4.79 Å². The Morgan fingerprint density at radius 3 is 1.97 bits per heavy atom. The van der Waals surface area contributed by atoms with Crippen LogP contribution in [0.4, 0.5) is 4.79 Å². The molecule has 0 saturated carbocycles. The van der Waals surface area contributed by atoms with Gasteiger partial charge >= 0.3 is 12.1 Å². The van der Waals surface area contributed by atoms with Gasteiger partial charge in [0.1, 0.15) is 18.7 Å². The number of carboxylic acid groups (broad SMARTS) is 1. The monoisotopic (exact) mass is 469 g/mol. The molecule has 2 aromatic carbocycles. The minimum Gasteiger partial charge on any atom is -0.481 e. The summed E-state index contributed by atoms with van der Waals surface area (Å²) in [6.07, 6.45) is -0.718. The fourth-order valence-corrected chi connectivity index (χ4v) is 3.44. The summed E-state index contributed by atoms with van der Waals surface area (Å²) in [5, 5.41) is 14.8. The van der Waals surface area contributed by atoms with Gasteiger partial charge in [-0.2, -0.15) is 0 Å². The number of aliphatic carboxylic acids is 1. The molecule has 0 heterocycles. The van der Waals surface area contributed by atoms with Gasteiger partial charge in [0.05, 0.1) is 5.92 Å². The summed E-state index contributed by atoms with van der Waals surface area (Å²) in [4.78, 5) is 49.6. The summed E-state index contributed by atoms with van der Waals surface area (Å²) >= 11 is 0. The number of carbonyl (C=O) groups is 4. The zero-order valence-electron chi connectivity index (χ0n) is 19.3. The average molecular weight is 470 g/mol. The summed E-state index contributed by atoms with van der Waals surface area (Å²) < 4.78 is 5.19. The van der Waals surface area contributed by atoms with Crippen molar-refractivity contribution in [3.8, 4) is 0 Å². The van der Waals surface area contributed by atoms with Crippen molar-refractivity contribution in [2.24, 2.45) is 17.6 Å². The van der Waals surface area contributed by atoms with E-state index in [9.17, 15) is 24.3 Å². The molecule has 9 nitrogen and oxygen atoms in total. The van der Waals surface area contributed by atoms with Crippen molar-refractivity contribution >= 4 is 23.9 Å². The molecule has 3 amide bonds. The lowest BCUT2D eigenvalue weighted by Crippen LogP contribution is -2.57. The Labute approximate surface area is 198 Å². The van der Waals surface area contributed by atoms with Crippen LogP contribution in [-0.4, -0.2) is 41.1 Å². The summed E-state index contributed by atoms with van der Waals surface area (Å²) in [6.45, 7) is 3.65. The first-order valence-corrected chi connectivity index (χ1v) is 11.0. The number of nitrogens with two attached hydrogens (primary N) is 1. The second-order valence-electron chi connectivity index (χ2n) is 8.41. The molecule has 9 heteroatoms. The van der Waals surface area contributed by atoms with E-state index in [4.69, 9.17) is 10.5 Å². The number of alkyl carbamates (subject to hydrolysis) is 1. The molecule has 182 valence electrons. The highest BCUT2D eigenvalue weighted by Gasteiger charge is 2.37. The Bertz CT molecular complexity index is 965. The van der Waals surface area contributed by atoms with Crippen molar-refractivity contribution in [1.82, 2.24) is 10.6 Å². The molecule has 0 aliphatic heterocycles. The van der Waals surface area contributed by atoms with Crippen LogP contribution in [0.5, 0.6) is 0 Å². The lowest BCUT2D eigenvalue weighted by molar-refractivity contribution is -0.145. The molecule has 0 aliphatic carbocycles.